The van der Waals surface area contributed by atoms with Gasteiger partial charge in [-0.05, 0) is 12.0 Å². The van der Waals surface area contributed by atoms with Crippen molar-refractivity contribution < 1.29 is 4.39 Å². The van der Waals surface area contributed by atoms with Gasteiger partial charge in [0.2, 0.25) is 0 Å². The van der Waals surface area contributed by atoms with E-state index in [0.717, 1.165) is 26.2 Å². The monoisotopic (exact) mass is 258 g/mol. The predicted molar refractivity (Wildman–Crippen MR) is 71.5 cm³/mol. The highest BCUT2D eigenvalue weighted by Crippen LogP contribution is 2.24. The van der Waals surface area contributed by atoms with E-state index in [-0.39, 0.29) is 25.1 Å². The second-order valence-electron chi connectivity index (χ2n) is 4.19. The summed E-state index contributed by atoms with van der Waals surface area (Å²) < 4.78 is 12.6. The third-order valence-corrected chi connectivity index (χ3v) is 3.16. The van der Waals surface area contributed by atoms with E-state index in [1.165, 1.54) is 5.56 Å². The molecule has 0 aromatic heterocycles. The van der Waals surface area contributed by atoms with Gasteiger partial charge in [0.05, 0.1) is 6.67 Å². The van der Waals surface area contributed by atoms with Gasteiger partial charge in [-0.25, -0.2) is 0 Å². The average molecular weight is 259 g/mol. The van der Waals surface area contributed by atoms with Crippen LogP contribution in [0.25, 0.3) is 0 Å². The Morgan fingerprint density at radius 1 is 1.18 bits per heavy atom. The number of halogens is 2. The Bertz CT molecular complexity index is 302. The Kier molecular flexibility index (Phi) is 6.48. The summed E-state index contributed by atoms with van der Waals surface area (Å²) in [5.41, 5.74) is 1.24. The van der Waals surface area contributed by atoms with E-state index in [1.807, 2.05) is 18.2 Å². The first-order chi connectivity index (χ1) is 7.92. The molecule has 1 aromatic rings. The molecule has 17 heavy (non-hydrogen) atoms. The van der Waals surface area contributed by atoms with Crippen LogP contribution in [0.1, 0.15) is 18.0 Å². The predicted octanol–water partition coefficient (Wildman–Crippen LogP) is 2.41. The maximum absolute atomic E-state index is 12.6. The van der Waals surface area contributed by atoms with Crippen molar-refractivity contribution in [2.75, 3.05) is 32.9 Å². The van der Waals surface area contributed by atoms with Crippen molar-refractivity contribution in [2.45, 2.75) is 12.5 Å². The molecule has 0 amide bonds. The Morgan fingerprint density at radius 3 is 2.41 bits per heavy atom. The van der Waals surface area contributed by atoms with E-state index >= 15 is 0 Å². The summed E-state index contributed by atoms with van der Waals surface area (Å²) in [6, 6.07) is 10.5. The lowest BCUT2D eigenvalue weighted by Gasteiger charge is -2.34. The van der Waals surface area contributed by atoms with E-state index < -0.39 is 0 Å². The first-order valence-corrected chi connectivity index (χ1v) is 5.97. The van der Waals surface area contributed by atoms with Crippen LogP contribution in [0.4, 0.5) is 4.39 Å². The topological polar surface area (TPSA) is 15.3 Å². The van der Waals surface area contributed by atoms with E-state index in [4.69, 9.17) is 0 Å². The van der Waals surface area contributed by atoms with Crippen molar-refractivity contribution >= 4 is 12.4 Å². The normalized spacial score (nSPS) is 18.4. The average Bonchev–Trinajstić information content (AvgIpc) is 2.38. The SMILES string of the molecule is Cl.FCC[C@@H](c1ccccc1)N1CCNCC1. The molecule has 1 N–H and O–H groups in total. The molecule has 0 unspecified atom stereocenters. The zero-order chi connectivity index (χ0) is 11.2. The van der Waals surface area contributed by atoms with Crippen LogP contribution in [0.15, 0.2) is 30.3 Å². The van der Waals surface area contributed by atoms with Gasteiger partial charge in [-0.3, -0.25) is 9.29 Å². The zero-order valence-corrected chi connectivity index (χ0v) is 10.8. The molecule has 0 aliphatic carbocycles. The van der Waals surface area contributed by atoms with Gasteiger partial charge in [-0.15, -0.1) is 12.4 Å². The molecule has 1 aliphatic heterocycles. The van der Waals surface area contributed by atoms with Gasteiger partial charge in [0.25, 0.3) is 0 Å². The highest BCUT2D eigenvalue weighted by Gasteiger charge is 2.21. The molecule has 1 aliphatic rings. The maximum Gasteiger partial charge on any atom is 0.0912 e. The maximum atomic E-state index is 12.6. The molecule has 0 spiro atoms. The minimum Gasteiger partial charge on any atom is -0.314 e. The Balaban J connectivity index is 0.00000144. The first-order valence-electron chi connectivity index (χ1n) is 5.97. The van der Waals surface area contributed by atoms with Crippen LogP contribution < -0.4 is 5.32 Å². The second-order valence-corrected chi connectivity index (χ2v) is 4.19. The van der Waals surface area contributed by atoms with Crippen LogP contribution in [-0.2, 0) is 0 Å². The molecule has 2 nitrogen and oxygen atoms in total. The number of nitrogens with zero attached hydrogens (tertiary/aromatic N) is 1. The molecule has 4 heteroatoms. The van der Waals surface area contributed by atoms with Crippen molar-refractivity contribution in [1.29, 1.82) is 0 Å². The molecule has 0 saturated carbocycles. The quantitative estimate of drug-likeness (QED) is 0.892. The fraction of sp³-hybridized carbons (Fsp3) is 0.538. The fourth-order valence-electron chi connectivity index (χ4n) is 2.33. The smallest absolute Gasteiger partial charge is 0.0912 e. The van der Waals surface area contributed by atoms with Crippen molar-refractivity contribution in [3.8, 4) is 0 Å². The summed E-state index contributed by atoms with van der Waals surface area (Å²) in [6.07, 6.45) is 0.601. The first kappa shape index (κ1) is 14.4. The summed E-state index contributed by atoms with van der Waals surface area (Å²) in [5.74, 6) is 0. The summed E-state index contributed by atoms with van der Waals surface area (Å²) in [7, 11) is 0. The zero-order valence-electron chi connectivity index (χ0n) is 9.94. The van der Waals surface area contributed by atoms with Gasteiger partial charge in [0.1, 0.15) is 0 Å². The minimum atomic E-state index is -0.247. The third kappa shape index (κ3) is 3.95. The molecule has 2 rings (SSSR count). The van der Waals surface area contributed by atoms with Gasteiger partial charge in [-0.1, -0.05) is 30.3 Å². The fourth-order valence-corrected chi connectivity index (χ4v) is 2.33. The molecule has 1 saturated heterocycles. The molecule has 0 radical (unpaired) electrons. The van der Waals surface area contributed by atoms with Gasteiger partial charge >= 0.3 is 0 Å². The van der Waals surface area contributed by atoms with E-state index in [2.05, 4.69) is 22.3 Å². The third-order valence-electron chi connectivity index (χ3n) is 3.16. The van der Waals surface area contributed by atoms with E-state index in [1.54, 1.807) is 0 Å². The molecule has 1 aromatic carbocycles. The largest absolute Gasteiger partial charge is 0.314 e. The van der Waals surface area contributed by atoms with Crippen LogP contribution in [0.3, 0.4) is 0 Å². The van der Waals surface area contributed by atoms with Gasteiger partial charge in [0, 0.05) is 32.2 Å². The summed E-state index contributed by atoms with van der Waals surface area (Å²) in [4.78, 5) is 2.38. The molecule has 1 fully saturated rings. The van der Waals surface area contributed by atoms with Crippen LogP contribution in [0.2, 0.25) is 0 Å². The van der Waals surface area contributed by atoms with Crippen molar-refractivity contribution in [3.05, 3.63) is 35.9 Å². The molecule has 1 atom stereocenters. The summed E-state index contributed by atoms with van der Waals surface area (Å²) in [6.45, 7) is 3.80. The number of piperazine rings is 1. The molecular weight excluding hydrogens is 239 g/mol. The molecule has 1 heterocycles. The lowest BCUT2D eigenvalue weighted by molar-refractivity contribution is 0.157. The number of benzene rings is 1. The molecule has 0 bridgehead atoms. The van der Waals surface area contributed by atoms with Crippen molar-refractivity contribution in [3.63, 3.8) is 0 Å². The standard InChI is InChI=1S/C13H19FN2.ClH/c14-7-6-13(12-4-2-1-3-5-12)16-10-8-15-9-11-16;/h1-5,13,15H,6-11H2;1H/t13-;/m0./s1. The van der Waals surface area contributed by atoms with Crippen molar-refractivity contribution in [2.24, 2.45) is 0 Å². The number of nitrogens with one attached hydrogen (secondary N) is 1. The lowest BCUT2D eigenvalue weighted by Crippen LogP contribution is -2.45. The van der Waals surface area contributed by atoms with Gasteiger partial charge in [0.15, 0.2) is 0 Å². The Labute approximate surface area is 109 Å². The molecule has 96 valence electrons. The van der Waals surface area contributed by atoms with Crippen LogP contribution in [-0.4, -0.2) is 37.8 Å². The van der Waals surface area contributed by atoms with Crippen LogP contribution >= 0.6 is 12.4 Å². The number of rotatable bonds is 4. The van der Waals surface area contributed by atoms with E-state index in [9.17, 15) is 4.39 Å². The minimum absolute atomic E-state index is 0. The van der Waals surface area contributed by atoms with E-state index in [0.29, 0.717) is 6.42 Å². The number of hydrogen-bond donors (Lipinski definition) is 1. The van der Waals surface area contributed by atoms with Crippen LogP contribution in [0, 0.1) is 0 Å². The summed E-state index contributed by atoms with van der Waals surface area (Å²) >= 11 is 0. The summed E-state index contributed by atoms with van der Waals surface area (Å²) in [5, 5.41) is 3.33. The highest BCUT2D eigenvalue weighted by atomic mass is 35.5. The lowest BCUT2D eigenvalue weighted by atomic mass is 10.0. The van der Waals surface area contributed by atoms with Crippen LogP contribution in [0.5, 0.6) is 0 Å². The number of hydrogen-bond acceptors (Lipinski definition) is 2. The Hall–Kier alpha value is -0.640. The highest BCUT2D eigenvalue weighted by molar-refractivity contribution is 5.85. The van der Waals surface area contributed by atoms with Gasteiger partial charge in [-0.2, -0.15) is 0 Å². The Morgan fingerprint density at radius 2 is 1.82 bits per heavy atom. The van der Waals surface area contributed by atoms with Gasteiger partial charge < -0.3 is 5.32 Å². The molecular formula is C13H20ClFN2. The van der Waals surface area contributed by atoms with Crippen molar-refractivity contribution in [1.82, 2.24) is 10.2 Å². The second kappa shape index (κ2) is 7.64. The number of alkyl halides is 1.